The van der Waals surface area contributed by atoms with Crippen LogP contribution in [0.25, 0.3) is 0 Å². The Morgan fingerprint density at radius 3 is 3.08 bits per heavy atom. The smallest absolute Gasteiger partial charge is 0.341 e. The summed E-state index contributed by atoms with van der Waals surface area (Å²) in [7, 11) is 1.45. The number of hydrogen-bond acceptors (Lipinski definition) is 5. The summed E-state index contributed by atoms with van der Waals surface area (Å²) in [6.45, 7) is -0.465. The average molecular weight is 184 g/mol. The first-order valence-electron chi connectivity index (χ1n) is 3.44. The monoisotopic (exact) mass is 184 g/mol. The van der Waals surface area contributed by atoms with Crippen LogP contribution in [0.1, 0.15) is 0 Å². The fraction of sp³-hybridized carbons (Fsp3) is 0.286. The van der Waals surface area contributed by atoms with E-state index in [1.54, 1.807) is 0 Å². The van der Waals surface area contributed by atoms with Crippen molar-refractivity contribution in [2.24, 2.45) is 0 Å². The summed E-state index contributed by atoms with van der Waals surface area (Å²) in [5, 5.41) is 8.29. The molecule has 0 aromatic carbocycles. The molecule has 1 N–H and O–H groups in total. The Bertz CT molecular complexity index is 302. The molecule has 13 heavy (non-hydrogen) atoms. The molecule has 70 valence electrons. The minimum absolute atomic E-state index is 0.0123. The summed E-state index contributed by atoms with van der Waals surface area (Å²) >= 11 is 0. The van der Waals surface area contributed by atoms with Gasteiger partial charge in [-0.2, -0.15) is 4.98 Å². The van der Waals surface area contributed by atoms with Crippen molar-refractivity contribution in [3.8, 4) is 11.9 Å². The third-order valence-electron chi connectivity index (χ3n) is 1.14. The van der Waals surface area contributed by atoms with Crippen LogP contribution in [0.3, 0.4) is 0 Å². The Morgan fingerprint density at radius 1 is 1.69 bits per heavy atom. The predicted molar refractivity (Wildman–Crippen MR) is 41.7 cm³/mol. The molecule has 0 saturated heterocycles. The fourth-order valence-corrected chi connectivity index (χ4v) is 0.635. The molecule has 0 fully saturated rings. The number of aliphatic carboxylic acids is 1. The van der Waals surface area contributed by atoms with Gasteiger partial charge in [-0.05, 0) is 0 Å². The summed E-state index contributed by atoms with van der Waals surface area (Å²) < 4.78 is 9.49. The van der Waals surface area contributed by atoms with Crippen molar-refractivity contribution in [1.82, 2.24) is 9.97 Å². The van der Waals surface area contributed by atoms with Crippen LogP contribution in [0.5, 0.6) is 11.9 Å². The van der Waals surface area contributed by atoms with Crippen LogP contribution >= 0.6 is 0 Å². The highest BCUT2D eigenvalue weighted by Crippen LogP contribution is 2.08. The number of carboxylic acid groups (broad SMARTS) is 1. The molecule has 0 aliphatic rings. The minimum atomic E-state index is -1.08. The lowest BCUT2D eigenvalue weighted by Gasteiger charge is -2.01. The maximum absolute atomic E-state index is 10.1. The normalized spacial score (nSPS) is 9.31. The molecule has 0 atom stereocenters. The molecule has 0 spiro atoms. The van der Waals surface area contributed by atoms with Gasteiger partial charge in [0.1, 0.15) is 0 Å². The number of methoxy groups -OCH3 is 1. The molecule has 1 aromatic heterocycles. The molecule has 0 saturated carbocycles. The standard InChI is InChI=1S/C7H8N2O4/c1-12-5-2-3-8-7(9-5)13-4-6(10)11/h2-3H,4H2,1H3,(H,10,11). The van der Waals surface area contributed by atoms with Crippen molar-refractivity contribution in [2.45, 2.75) is 0 Å². The van der Waals surface area contributed by atoms with Gasteiger partial charge in [0, 0.05) is 12.3 Å². The van der Waals surface area contributed by atoms with Gasteiger partial charge in [0.15, 0.2) is 6.61 Å². The van der Waals surface area contributed by atoms with Crippen molar-refractivity contribution in [1.29, 1.82) is 0 Å². The van der Waals surface area contributed by atoms with Crippen LogP contribution in [0.15, 0.2) is 12.3 Å². The second-order valence-electron chi connectivity index (χ2n) is 2.06. The summed E-state index contributed by atoms with van der Waals surface area (Å²) in [6, 6.07) is 1.52. The van der Waals surface area contributed by atoms with Gasteiger partial charge in [-0.15, -0.1) is 0 Å². The van der Waals surface area contributed by atoms with Gasteiger partial charge in [0.2, 0.25) is 5.88 Å². The second kappa shape index (κ2) is 4.24. The topological polar surface area (TPSA) is 81.5 Å². The van der Waals surface area contributed by atoms with Crippen molar-refractivity contribution in [2.75, 3.05) is 13.7 Å². The van der Waals surface area contributed by atoms with Gasteiger partial charge >= 0.3 is 12.0 Å². The molecule has 0 bridgehead atoms. The Labute approximate surface area is 74.1 Å². The van der Waals surface area contributed by atoms with Crippen molar-refractivity contribution < 1.29 is 19.4 Å². The number of rotatable bonds is 4. The molecular formula is C7H8N2O4. The van der Waals surface area contributed by atoms with E-state index in [1.807, 2.05) is 0 Å². The van der Waals surface area contributed by atoms with E-state index in [-0.39, 0.29) is 6.01 Å². The largest absolute Gasteiger partial charge is 0.481 e. The zero-order chi connectivity index (χ0) is 9.68. The van der Waals surface area contributed by atoms with Gasteiger partial charge in [-0.3, -0.25) is 0 Å². The Balaban J connectivity index is 2.61. The van der Waals surface area contributed by atoms with Crippen LogP contribution in [0.4, 0.5) is 0 Å². The lowest BCUT2D eigenvalue weighted by molar-refractivity contribution is -0.139. The maximum Gasteiger partial charge on any atom is 0.341 e. The highest BCUT2D eigenvalue weighted by atomic mass is 16.5. The van der Waals surface area contributed by atoms with E-state index in [9.17, 15) is 4.79 Å². The van der Waals surface area contributed by atoms with Crippen molar-refractivity contribution >= 4 is 5.97 Å². The van der Waals surface area contributed by atoms with Gasteiger partial charge in [-0.1, -0.05) is 0 Å². The number of carboxylic acids is 1. The Morgan fingerprint density at radius 2 is 2.46 bits per heavy atom. The molecule has 0 aliphatic heterocycles. The van der Waals surface area contributed by atoms with Crippen LogP contribution in [-0.2, 0) is 4.79 Å². The number of aromatic nitrogens is 2. The van der Waals surface area contributed by atoms with Crippen molar-refractivity contribution in [3.63, 3.8) is 0 Å². The molecule has 6 heteroatoms. The van der Waals surface area contributed by atoms with Crippen LogP contribution in [-0.4, -0.2) is 34.8 Å². The predicted octanol–water partition coefficient (Wildman–Crippen LogP) is -0.0514. The molecular weight excluding hydrogens is 176 g/mol. The van der Waals surface area contributed by atoms with E-state index >= 15 is 0 Å². The Hall–Kier alpha value is -1.85. The Kier molecular flexibility index (Phi) is 3.02. The quantitative estimate of drug-likeness (QED) is 0.706. The van der Waals surface area contributed by atoms with Gasteiger partial charge in [0.25, 0.3) is 0 Å². The fourth-order valence-electron chi connectivity index (χ4n) is 0.635. The third kappa shape index (κ3) is 2.94. The molecule has 6 nitrogen and oxygen atoms in total. The van der Waals surface area contributed by atoms with Gasteiger partial charge in [0.05, 0.1) is 7.11 Å². The first-order chi connectivity index (χ1) is 6.22. The third-order valence-corrected chi connectivity index (χ3v) is 1.14. The molecule has 0 unspecified atom stereocenters. The zero-order valence-corrected chi connectivity index (χ0v) is 6.93. The van der Waals surface area contributed by atoms with E-state index in [4.69, 9.17) is 14.6 Å². The van der Waals surface area contributed by atoms with Crippen molar-refractivity contribution in [3.05, 3.63) is 12.3 Å². The number of carbonyl (C=O) groups is 1. The van der Waals surface area contributed by atoms with E-state index in [0.717, 1.165) is 0 Å². The second-order valence-corrected chi connectivity index (χ2v) is 2.06. The molecule has 0 radical (unpaired) electrons. The lowest BCUT2D eigenvalue weighted by atomic mass is 10.6. The first-order valence-corrected chi connectivity index (χ1v) is 3.44. The molecule has 1 aromatic rings. The highest BCUT2D eigenvalue weighted by Gasteiger charge is 2.02. The van der Waals surface area contributed by atoms with Crippen LogP contribution in [0.2, 0.25) is 0 Å². The number of hydrogen-bond donors (Lipinski definition) is 1. The van der Waals surface area contributed by atoms with E-state index in [0.29, 0.717) is 5.88 Å². The summed E-state index contributed by atoms with van der Waals surface area (Å²) in [5.74, 6) is -0.748. The summed E-state index contributed by atoms with van der Waals surface area (Å²) in [6.07, 6.45) is 1.42. The maximum atomic E-state index is 10.1. The lowest BCUT2D eigenvalue weighted by Crippen LogP contribution is -2.11. The molecule has 1 heterocycles. The number of ether oxygens (including phenoxy) is 2. The SMILES string of the molecule is COc1ccnc(OCC(=O)O)n1. The van der Waals surface area contributed by atoms with Crippen LogP contribution in [0, 0.1) is 0 Å². The molecule has 0 aliphatic carbocycles. The van der Waals surface area contributed by atoms with E-state index in [1.165, 1.54) is 19.4 Å². The van der Waals surface area contributed by atoms with Gasteiger partial charge < -0.3 is 14.6 Å². The first kappa shape index (κ1) is 9.24. The van der Waals surface area contributed by atoms with Crippen LogP contribution < -0.4 is 9.47 Å². The average Bonchev–Trinajstić information content (AvgIpc) is 2.15. The summed E-state index contributed by atoms with van der Waals surface area (Å²) in [5.41, 5.74) is 0. The zero-order valence-electron chi connectivity index (χ0n) is 6.93. The van der Waals surface area contributed by atoms with Gasteiger partial charge in [-0.25, -0.2) is 9.78 Å². The van der Waals surface area contributed by atoms with E-state index < -0.39 is 12.6 Å². The minimum Gasteiger partial charge on any atom is -0.481 e. The molecule has 1 rings (SSSR count). The molecule has 0 amide bonds. The summed E-state index contributed by atoms with van der Waals surface area (Å²) in [4.78, 5) is 17.5. The van der Waals surface area contributed by atoms with E-state index in [2.05, 4.69) is 9.97 Å². The number of nitrogens with zero attached hydrogens (tertiary/aromatic N) is 2. The highest BCUT2D eigenvalue weighted by molar-refractivity contribution is 5.68.